The average molecular weight is 243 g/mol. The molecule has 5 heteroatoms. The molecular formula is C12H21NO4. The fraction of sp³-hybridized carbons (Fsp3) is 0.833. The molecular weight excluding hydrogens is 222 g/mol. The van der Waals surface area contributed by atoms with Crippen molar-refractivity contribution in [1.29, 1.82) is 0 Å². The zero-order valence-corrected chi connectivity index (χ0v) is 10.3. The number of rotatable bonds is 7. The summed E-state index contributed by atoms with van der Waals surface area (Å²) in [5.74, 6) is -2.49. The van der Waals surface area contributed by atoms with E-state index >= 15 is 0 Å². The highest BCUT2D eigenvalue weighted by Crippen LogP contribution is 2.47. The molecule has 0 spiro atoms. The summed E-state index contributed by atoms with van der Waals surface area (Å²) in [6, 6.07) is 0. The summed E-state index contributed by atoms with van der Waals surface area (Å²) in [6.07, 6.45) is 2.38. The van der Waals surface area contributed by atoms with Gasteiger partial charge in [0.2, 0.25) is 0 Å². The van der Waals surface area contributed by atoms with Crippen molar-refractivity contribution in [2.45, 2.75) is 45.1 Å². The third kappa shape index (κ3) is 3.19. The molecule has 0 amide bonds. The van der Waals surface area contributed by atoms with Crippen LogP contribution in [-0.4, -0.2) is 27.7 Å². The molecule has 0 bridgehead atoms. The molecule has 0 saturated heterocycles. The Labute approximate surface area is 101 Å². The second kappa shape index (κ2) is 5.04. The van der Waals surface area contributed by atoms with E-state index in [1.807, 2.05) is 0 Å². The second-order valence-corrected chi connectivity index (χ2v) is 5.42. The lowest BCUT2D eigenvalue weighted by Crippen LogP contribution is -2.51. The van der Waals surface area contributed by atoms with E-state index in [1.54, 1.807) is 0 Å². The lowest BCUT2D eigenvalue weighted by molar-refractivity contribution is -0.145. The minimum atomic E-state index is -1.36. The van der Waals surface area contributed by atoms with Gasteiger partial charge in [0.05, 0.1) is 5.92 Å². The van der Waals surface area contributed by atoms with E-state index in [9.17, 15) is 14.7 Å². The molecule has 1 saturated carbocycles. The molecule has 0 aliphatic heterocycles. The monoisotopic (exact) mass is 243 g/mol. The van der Waals surface area contributed by atoms with Crippen LogP contribution in [0.5, 0.6) is 0 Å². The summed E-state index contributed by atoms with van der Waals surface area (Å²) in [5, 5.41) is 18.0. The van der Waals surface area contributed by atoms with E-state index in [-0.39, 0.29) is 0 Å². The van der Waals surface area contributed by atoms with Gasteiger partial charge in [0.15, 0.2) is 0 Å². The molecule has 0 aromatic heterocycles. The van der Waals surface area contributed by atoms with Crippen molar-refractivity contribution in [2.75, 3.05) is 0 Å². The maximum Gasteiger partial charge on any atom is 0.323 e. The van der Waals surface area contributed by atoms with Crippen molar-refractivity contribution in [2.24, 2.45) is 23.5 Å². The number of carbonyl (C=O) groups is 2. The summed E-state index contributed by atoms with van der Waals surface area (Å²) in [4.78, 5) is 22.0. The predicted octanol–water partition coefficient (Wildman–Crippen LogP) is 1.32. The molecule has 3 atom stereocenters. The Hall–Kier alpha value is -1.10. The molecule has 5 nitrogen and oxygen atoms in total. The minimum Gasteiger partial charge on any atom is -0.481 e. The molecule has 1 aliphatic carbocycles. The number of aliphatic carboxylic acids is 2. The summed E-state index contributed by atoms with van der Waals surface area (Å²) >= 11 is 0. The zero-order chi connectivity index (χ0) is 13.2. The quantitative estimate of drug-likeness (QED) is 0.626. The topological polar surface area (TPSA) is 101 Å². The van der Waals surface area contributed by atoms with Gasteiger partial charge >= 0.3 is 11.9 Å². The van der Waals surface area contributed by atoms with Crippen LogP contribution >= 0.6 is 0 Å². The molecule has 0 radical (unpaired) electrons. The highest BCUT2D eigenvalue weighted by molar-refractivity contribution is 5.83. The van der Waals surface area contributed by atoms with Crippen LogP contribution in [0.3, 0.4) is 0 Å². The first-order valence-electron chi connectivity index (χ1n) is 6.04. The maximum absolute atomic E-state index is 11.2. The van der Waals surface area contributed by atoms with Gasteiger partial charge in [0.25, 0.3) is 0 Å². The molecule has 1 unspecified atom stereocenters. The minimum absolute atomic E-state index is 0.356. The average Bonchev–Trinajstić information content (AvgIpc) is 2.95. The van der Waals surface area contributed by atoms with Gasteiger partial charge in [-0.2, -0.15) is 0 Å². The molecule has 0 aromatic carbocycles. The Morgan fingerprint density at radius 3 is 2.35 bits per heavy atom. The van der Waals surface area contributed by atoms with Crippen LogP contribution in [0.15, 0.2) is 0 Å². The van der Waals surface area contributed by atoms with E-state index in [0.717, 1.165) is 12.8 Å². The van der Waals surface area contributed by atoms with Crippen LogP contribution < -0.4 is 5.73 Å². The molecule has 0 heterocycles. The number of hydrogen-bond acceptors (Lipinski definition) is 3. The van der Waals surface area contributed by atoms with Crippen LogP contribution in [0.2, 0.25) is 0 Å². The van der Waals surface area contributed by atoms with Gasteiger partial charge in [0.1, 0.15) is 5.54 Å². The molecule has 17 heavy (non-hydrogen) atoms. The van der Waals surface area contributed by atoms with Crippen molar-refractivity contribution in [3.8, 4) is 0 Å². The lowest BCUT2D eigenvalue weighted by Gasteiger charge is -2.25. The van der Waals surface area contributed by atoms with Gasteiger partial charge in [-0.25, -0.2) is 0 Å². The third-order valence-corrected chi connectivity index (χ3v) is 3.54. The fourth-order valence-corrected chi connectivity index (χ4v) is 2.29. The van der Waals surface area contributed by atoms with Crippen LogP contribution in [0.1, 0.15) is 39.5 Å². The maximum atomic E-state index is 11.2. The smallest absolute Gasteiger partial charge is 0.323 e. The van der Waals surface area contributed by atoms with Crippen molar-refractivity contribution in [3.05, 3.63) is 0 Å². The normalized spacial score (nSPS) is 26.6. The highest BCUT2D eigenvalue weighted by atomic mass is 16.4. The summed E-state index contributed by atoms with van der Waals surface area (Å²) in [6.45, 7) is 4.13. The summed E-state index contributed by atoms with van der Waals surface area (Å²) < 4.78 is 0. The van der Waals surface area contributed by atoms with Crippen LogP contribution in [0.4, 0.5) is 0 Å². The highest BCUT2D eigenvalue weighted by Gasteiger charge is 2.57. The third-order valence-electron chi connectivity index (χ3n) is 3.54. The van der Waals surface area contributed by atoms with Gasteiger partial charge in [0, 0.05) is 5.92 Å². The predicted molar refractivity (Wildman–Crippen MR) is 62.5 cm³/mol. The Morgan fingerprint density at radius 1 is 1.41 bits per heavy atom. The lowest BCUT2D eigenvalue weighted by atomic mass is 9.86. The Bertz CT molecular complexity index is 316. The van der Waals surface area contributed by atoms with Gasteiger partial charge < -0.3 is 15.9 Å². The number of carboxylic acid groups (broad SMARTS) is 2. The molecule has 4 N–H and O–H groups in total. The Kier molecular flexibility index (Phi) is 4.14. The van der Waals surface area contributed by atoms with Crippen LogP contribution in [0, 0.1) is 17.8 Å². The van der Waals surface area contributed by atoms with E-state index in [1.165, 1.54) is 0 Å². The largest absolute Gasteiger partial charge is 0.481 e. The van der Waals surface area contributed by atoms with Gasteiger partial charge in [-0.05, 0) is 18.8 Å². The SMILES string of the molecule is CC(C)CCCC(N)(C(=O)O)[C@H]1C[C@@H]1C(=O)O. The van der Waals surface area contributed by atoms with Crippen molar-refractivity contribution in [1.82, 2.24) is 0 Å². The number of nitrogens with two attached hydrogens (primary N) is 1. The van der Waals surface area contributed by atoms with E-state index in [0.29, 0.717) is 18.8 Å². The van der Waals surface area contributed by atoms with E-state index in [2.05, 4.69) is 13.8 Å². The second-order valence-electron chi connectivity index (χ2n) is 5.42. The molecule has 1 fully saturated rings. The Morgan fingerprint density at radius 2 is 2.00 bits per heavy atom. The summed E-state index contributed by atoms with van der Waals surface area (Å²) in [7, 11) is 0. The first-order valence-corrected chi connectivity index (χ1v) is 6.04. The van der Waals surface area contributed by atoms with Gasteiger partial charge in [-0.15, -0.1) is 0 Å². The fourth-order valence-electron chi connectivity index (χ4n) is 2.29. The van der Waals surface area contributed by atoms with Gasteiger partial charge in [-0.3, -0.25) is 9.59 Å². The van der Waals surface area contributed by atoms with E-state index in [4.69, 9.17) is 10.8 Å². The van der Waals surface area contributed by atoms with Crippen LogP contribution in [-0.2, 0) is 9.59 Å². The van der Waals surface area contributed by atoms with Gasteiger partial charge in [-0.1, -0.05) is 26.7 Å². The molecule has 1 aliphatic rings. The van der Waals surface area contributed by atoms with Crippen LogP contribution in [0.25, 0.3) is 0 Å². The first-order chi connectivity index (χ1) is 7.79. The first kappa shape index (κ1) is 14.0. The number of hydrogen-bond donors (Lipinski definition) is 3. The molecule has 98 valence electrons. The van der Waals surface area contributed by atoms with Crippen molar-refractivity contribution >= 4 is 11.9 Å². The van der Waals surface area contributed by atoms with E-state index < -0.39 is 29.3 Å². The van der Waals surface area contributed by atoms with Crippen molar-refractivity contribution in [3.63, 3.8) is 0 Å². The zero-order valence-electron chi connectivity index (χ0n) is 10.3. The van der Waals surface area contributed by atoms with Crippen molar-refractivity contribution < 1.29 is 19.8 Å². The standard InChI is InChI=1S/C12H21NO4/c1-7(2)4-3-5-12(13,11(16)17)9-6-8(9)10(14)15/h7-9H,3-6,13H2,1-2H3,(H,14,15)(H,16,17)/t8-,9-,12?/m0/s1. The molecule has 1 rings (SSSR count). The molecule has 0 aromatic rings. The Balaban J connectivity index is 2.58. The number of carboxylic acids is 2. The summed E-state index contributed by atoms with van der Waals surface area (Å²) in [5.41, 5.74) is 4.53.